The summed E-state index contributed by atoms with van der Waals surface area (Å²) in [5.74, 6) is 2.08. The van der Waals surface area contributed by atoms with Crippen LogP contribution in [0.1, 0.15) is 19.3 Å². The van der Waals surface area contributed by atoms with Crippen LogP contribution in [0.15, 0.2) is 23.1 Å². The maximum Gasteiger partial charge on any atom is 0.293 e. The molecule has 0 unspecified atom stereocenters. The van der Waals surface area contributed by atoms with Gasteiger partial charge in [-0.2, -0.15) is 0 Å². The summed E-state index contributed by atoms with van der Waals surface area (Å²) in [6, 6.07) is 4.61. The number of nitro benzene ring substituents is 1. The third kappa shape index (κ3) is 2.08. The van der Waals surface area contributed by atoms with E-state index in [-0.39, 0.29) is 10.6 Å². The minimum atomic E-state index is -3.68. The van der Waals surface area contributed by atoms with E-state index in [0.29, 0.717) is 23.6 Å². The molecule has 1 heterocycles. The summed E-state index contributed by atoms with van der Waals surface area (Å²) in [6.45, 7) is 0.852. The fourth-order valence-corrected chi connectivity index (χ4v) is 5.52. The van der Waals surface area contributed by atoms with Gasteiger partial charge in [0.2, 0.25) is 10.0 Å². The van der Waals surface area contributed by atoms with Crippen molar-refractivity contribution in [3.05, 3.63) is 28.3 Å². The van der Waals surface area contributed by atoms with Gasteiger partial charge >= 0.3 is 0 Å². The quantitative estimate of drug-likeness (QED) is 0.667. The van der Waals surface area contributed by atoms with E-state index in [1.54, 1.807) is 6.07 Å². The number of hydrogen-bond donors (Lipinski definition) is 1. The van der Waals surface area contributed by atoms with Crippen molar-refractivity contribution in [1.29, 1.82) is 0 Å². The molecule has 0 radical (unpaired) electrons. The Hall–Kier alpha value is -1.67. The minimum Gasteiger partial charge on any atom is -0.362 e. The zero-order valence-corrected chi connectivity index (χ0v) is 13.6. The Labute approximate surface area is 134 Å². The minimum absolute atomic E-state index is 0.0690. The zero-order valence-electron chi connectivity index (χ0n) is 12.8. The Morgan fingerprint density at radius 3 is 2.70 bits per heavy atom. The van der Waals surface area contributed by atoms with Gasteiger partial charge in [0.15, 0.2) is 0 Å². The molecule has 2 aliphatic carbocycles. The molecule has 1 aromatic rings. The number of rotatable bonds is 4. The van der Waals surface area contributed by atoms with Crippen molar-refractivity contribution < 1.29 is 13.3 Å². The van der Waals surface area contributed by atoms with E-state index >= 15 is 0 Å². The number of benzene rings is 1. The molecule has 1 saturated heterocycles. The highest BCUT2D eigenvalue weighted by atomic mass is 32.2. The van der Waals surface area contributed by atoms with Crippen LogP contribution in [0.2, 0.25) is 0 Å². The van der Waals surface area contributed by atoms with E-state index in [4.69, 9.17) is 0 Å². The molecule has 8 heteroatoms. The third-order valence-corrected chi connectivity index (χ3v) is 7.25. The summed E-state index contributed by atoms with van der Waals surface area (Å²) >= 11 is 0. The molecule has 3 fully saturated rings. The largest absolute Gasteiger partial charge is 0.362 e. The first kappa shape index (κ1) is 14.9. The van der Waals surface area contributed by atoms with E-state index in [1.165, 1.54) is 38.4 Å². The predicted molar refractivity (Wildman–Crippen MR) is 84.8 cm³/mol. The highest BCUT2D eigenvalue weighted by Gasteiger charge is 2.57. The average molecular weight is 337 g/mol. The Bertz CT molecular complexity index is 777. The van der Waals surface area contributed by atoms with Gasteiger partial charge in [-0.3, -0.25) is 10.1 Å². The summed E-state index contributed by atoms with van der Waals surface area (Å²) < 4.78 is 26.0. The highest BCUT2D eigenvalue weighted by Crippen LogP contribution is 2.57. The van der Waals surface area contributed by atoms with Crippen LogP contribution in [-0.4, -0.2) is 33.0 Å². The molecule has 4 rings (SSSR count). The fraction of sp³-hybridized carbons (Fsp3) is 0.600. The van der Waals surface area contributed by atoms with Gasteiger partial charge in [0.05, 0.1) is 9.82 Å². The topological polar surface area (TPSA) is 92.6 Å². The predicted octanol–water partition coefficient (Wildman–Crippen LogP) is 1.74. The zero-order chi connectivity index (χ0) is 16.4. The number of nitrogens with zero attached hydrogens (tertiary/aromatic N) is 2. The van der Waals surface area contributed by atoms with Crippen molar-refractivity contribution in [3.63, 3.8) is 0 Å². The number of hydrogen-bond acceptors (Lipinski definition) is 5. The van der Waals surface area contributed by atoms with Crippen molar-refractivity contribution >= 4 is 21.4 Å². The van der Waals surface area contributed by atoms with Crippen molar-refractivity contribution in [2.75, 3.05) is 18.5 Å². The first-order chi connectivity index (χ1) is 10.9. The van der Waals surface area contributed by atoms with E-state index in [2.05, 4.69) is 9.62 Å². The summed E-state index contributed by atoms with van der Waals surface area (Å²) in [6.07, 6.45) is 3.75. The number of anilines is 1. The monoisotopic (exact) mass is 337 g/mol. The molecule has 0 aromatic heterocycles. The molecular weight excluding hydrogens is 318 g/mol. The van der Waals surface area contributed by atoms with Crippen LogP contribution in [0.25, 0.3) is 0 Å². The van der Waals surface area contributed by atoms with Crippen LogP contribution in [0.3, 0.4) is 0 Å². The van der Waals surface area contributed by atoms with Crippen LogP contribution in [-0.2, 0) is 10.0 Å². The van der Waals surface area contributed by atoms with Crippen LogP contribution in [0.4, 0.5) is 11.4 Å². The Balaban J connectivity index is 1.71. The molecule has 2 bridgehead atoms. The lowest BCUT2D eigenvalue weighted by Crippen LogP contribution is -2.59. The lowest BCUT2D eigenvalue weighted by atomic mass is 9.76. The van der Waals surface area contributed by atoms with Gasteiger partial charge in [0.1, 0.15) is 5.69 Å². The summed E-state index contributed by atoms with van der Waals surface area (Å²) in [5, 5.41) is 11.4. The maximum absolute atomic E-state index is 11.9. The molecule has 1 aromatic carbocycles. The van der Waals surface area contributed by atoms with Crippen molar-refractivity contribution in [2.45, 2.75) is 30.2 Å². The second-order valence-electron chi connectivity index (χ2n) is 6.76. The number of sulfonamides is 1. The van der Waals surface area contributed by atoms with Gasteiger partial charge in [0, 0.05) is 18.7 Å². The van der Waals surface area contributed by atoms with Gasteiger partial charge in [0.25, 0.3) is 5.69 Å². The Morgan fingerprint density at radius 1 is 1.30 bits per heavy atom. The lowest BCUT2D eigenvalue weighted by Gasteiger charge is -2.51. The van der Waals surface area contributed by atoms with Crippen molar-refractivity contribution in [3.8, 4) is 0 Å². The molecular formula is C15H19N3O4S. The summed E-state index contributed by atoms with van der Waals surface area (Å²) in [4.78, 5) is 13.0. The summed E-state index contributed by atoms with van der Waals surface area (Å²) in [5.41, 5.74) is 0.432. The van der Waals surface area contributed by atoms with Gasteiger partial charge in [-0.15, -0.1) is 0 Å². The van der Waals surface area contributed by atoms with E-state index < -0.39 is 14.9 Å². The normalized spacial score (nSPS) is 31.8. The van der Waals surface area contributed by atoms with E-state index in [9.17, 15) is 18.5 Å². The average Bonchev–Trinajstić information content (AvgIpc) is 3.04. The van der Waals surface area contributed by atoms with Crippen molar-refractivity contribution in [2.24, 2.45) is 17.8 Å². The number of fused-ring (bicyclic) bond motifs is 5. The second kappa shape index (κ2) is 4.91. The highest BCUT2D eigenvalue weighted by molar-refractivity contribution is 7.89. The molecule has 0 amide bonds. The van der Waals surface area contributed by atoms with Crippen molar-refractivity contribution in [1.82, 2.24) is 4.72 Å². The molecule has 124 valence electrons. The molecule has 7 nitrogen and oxygen atoms in total. The number of nitro groups is 1. The molecule has 23 heavy (non-hydrogen) atoms. The fourth-order valence-electron chi connectivity index (χ4n) is 4.77. The molecule has 4 atom stereocenters. The maximum atomic E-state index is 11.9. The first-order valence-corrected chi connectivity index (χ1v) is 9.39. The SMILES string of the molecule is CNS(=O)(=O)c1ccc(N2C[C@H]3[C@H]4CC[C@@H](C4)[C@@H]32)c([N+](=O)[O-])c1. The molecule has 1 N–H and O–H groups in total. The van der Waals surface area contributed by atoms with Gasteiger partial charge in [-0.05, 0) is 56.2 Å². The molecule has 0 spiro atoms. The molecule has 3 aliphatic rings. The summed E-state index contributed by atoms with van der Waals surface area (Å²) in [7, 11) is -2.39. The number of nitrogens with one attached hydrogen (secondary N) is 1. The molecule has 2 saturated carbocycles. The van der Waals surface area contributed by atoms with E-state index in [0.717, 1.165) is 12.5 Å². The van der Waals surface area contributed by atoms with Gasteiger partial charge < -0.3 is 4.90 Å². The van der Waals surface area contributed by atoms with Crippen LogP contribution in [0.5, 0.6) is 0 Å². The van der Waals surface area contributed by atoms with Crippen LogP contribution < -0.4 is 9.62 Å². The Morgan fingerprint density at radius 2 is 2.04 bits per heavy atom. The third-order valence-electron chi connectivity index (χ3n) is 5.84. The smallest absolute Gasteiger partial charge is 0.293 e. The standard InChI is InChI=1S/C15H19N3O4S/c1-16-23(21,22)11-4-5-13(14(7-11)18(19)20)17-8-12-9-2-3-10(6-9)15(12)17/h4-5,7,9-10,12,15-16H,2-3,6,8H2,1H3/t9-,10-,12-,15-/m0/s1. The van der Waals surface area contributed by atoms with Gasteiger partial charge in [-0.1, -0.05) is 0 Å². The second-order valence-corrected chi connectivity index (χ2v) is 8.64. The van der Waals surface area contributed by atoms with Crippen LogP contribution in [0, 0.1) is 27.9 Å². The van der Waals surface area contributed by atoms with E-state index in [1.807, 2.05) is 0 Å². The lowest BCUT2D eigenvalue weighted by molar-refractivity contribution is -0.384. The Kier molecular flexibility index (Phi) is 3.18. The van der Waals surface area contributed by atoms with Crippen LogP contribution >= 0.6 is 0 Å². The molecule has 1 aliphatic heterocycles. The first-order valence-electron chi connectivity index (χ1n) is 7.91. The van der Waals surface area contributed by atoms with Gasteiger partial charge in [-0.25, -0.2) is 13.1 Å².